The van der Waals surface area contributed by atoms with Crippen LogP contribution in [0.5, 0.6) is 0 Å². The van der Waals surface area contributed by atoms with Gasteiger partial charge in [-0.2, -0.15) is 18.3 Å². The number of aromatic nitrogens is 3. The molecule has 206 valence electrons. The van der Waals surface area contributed by atoms with Gasteiger partial charge in [-0.15, -0.1) is 0 Å². The quantitative estimate of drug-likeness (QED) is 0.301. The van der Waals surface area contributed by atoms with E-state index in [1.165, 1.54) is 12.4 Å². The molecule has 1 fully saturated rings. The van der Waals surface area contributed by atoms with Crippen LogP contribution in [0.25, 0.3) is 0 Å². The Balaban J connectivity index is 1.97. The Morgan fingerprint density at radius 1 is 1.16 bits per heavy atom. The third kappa shape index (κ3) is 6.37. The van der Waals surface area contributed by atoms with E-state index in [1.807, 2.05) is 0 Å². The Bertz CT molecular complexity index is 1240. The molecule has 0 saturated heterocycles. The molecule has 0 aliphatic heterocycles. The maximum atomic E-state index is 14.3. The van der Waals surface area contributed by atoms with Crippen LogP contribution in [-0.4, -0.2) is 55.5 Å². The van der Waals surface area contributed by atoms with Crippen LogP contribution in [0, 0.1) is 5.41 Å². The third-order valence-corrected chi connectivity index (χ3v) is 7.26. The van der Waals surface area contributed by atoms with E-state index in [9.17, 15) is 32.7 Å². The third-order valence-electron chi connectivity index (χ3n) is 6.69. The zero-order valence-corrected chi connectivity index (χ0v) is 22.5. The number of aliphatic carboxylic acids is 1. The number of halogens is 5. The molecule has 0 atom stereocenters. The van der Waals surface area contributed by atoms with E-state index >= 15 is 0 Å². The average molecular weight is 575 g/mol. The van der Waals surface area contributed by atoms with Gasteiger partial charge in [0.2, 0.25) is 0 Å². The molecule has 1 amide bonds. The van der Waals surface area contributed by atoms with E-state index < -0.39 is 53.1 Å². The molecule has 3 rings (SSSR count). The molecule has 38 heavy (non-hydrogen) atoms. The van der Waals surface area contributed by atoms with Gasteiger partial charge in [-0.25, -0.2) is 0 Å². The van der Waals surface area contributed by atoms with E-state index in [0.29, 0.717) is 0 Å². The molecule has 0 radical (unpaired) electrons. The average Bonchev–Trinajstić information content (AvgIpc) is 3.27. The summed E-state index contributed by atoms with van der Waals surface area (Å²) in [4.78, 5) is 42.8. The summed E-state index contributed by atoms with van der Waals surface area (Å²) in [6.45, 7) is 4.32. The van der Waals surface area contributed by atoms with Crippen LogP contribution in [-0.2, 0) is 11.0 Å². The predicted molar refractivity (Wildman–Crippen MR) is 134 cm³/mol. The number of carbonyl (C=O) groups is 3. The van der Waals surface area contributed by atoms with E-state index in [0.717, 1.165) is 21.4 Å². The fourth-order valence-electron chi connectivity index (χ4n) is 4.39. The number of carboxylic acids is 1. The number of pyridine rings is 1. The van der Waals surface area contributed by atoms with Gasteiger partial charge in [0.25, 0.3) is 5.91 Å². The predicted octanol–water partition coefficient (Wildman–Crippen LogP) is 6.10. The lowest BCUT2D eigenvalue weighted by Crippen LogP contribution is -2.38. The molecule has 2 aromatic rings. The van der Waals surface area contributed by atoms with Gasteiger partial charge < -0.3 is 10.0 Å². The van der Waals surface area contributed by atoms with Crippen LogP contribution in [0.3, 0.4) is 0 Å². The van der Waals surface area contributed by atoms with Crippen molar-refractivity contribution in [1.82, 2.24) is 19.7 Å². The van der Waals surface area contributed by atoms with Gasteiger partial charge in [0, 0.05) is 18.9 Å². The summed E-state index contributed by atoms with van der Waals surface area (Å²) < 4.78 is 43.7. The molecule has 1 N–H and O–H groups in total. The molecule has 8 nitrogen and oxygen atoms in total. The number of amides is 1. The van der Waals surface area contributed by atoms with Crippen molar-refractivity contribution in [3.05, 3.63) is 57.1 Å². The van der Waals surface area contributed by atoms with Gasteiger partial charge in [-0.3, -0.25) is 24.0 Å². The number of alkyl halides is 3. The SMILES string of the molecule is CC(C)=CCN(CC(=O)c1c(Cl)cncc1Cl)C(=O)c1cnn(C2CCC(C)(C(=O)O)CC2)c1C(F)(F)F. The van der Waals surface area contributed by atoms with Gasteiger partial charge in [0.05, 0.1) is 45.4 Å². The second-order valence-corrected chi connectivity index (χ2v) is 10.6. The molecule has 1 aliphatic rings. The lowest BCUT2D eigenvalue weighted by atomic mass is 9.74. The number of nitrogens with zero attached hydrogens (tertiary/aromatic N) is 4. The Labute approximate surface area is 227 Å². The number of Topliss-reactive ketones (excluding diaryl/α,β-unsaturated/α-hetero) is 1. The number of hydrogen-bond donors (Lipinski definition) is 1. The van der Waals surface area contributed by atoms with Gasteiger partial charge in [0.1, 0.15) is 0 Å². The number of hydrogen-bond acceptors (Lipinski definition) is 5. The smallest absolute Gasteiger partial charge is 0.433 e. The van der Waals surface area contributed by atoms with Crippen molar-refractivity contribution in [2.24, 2.45) is 5.41 Å². The highest BCUT2D eigenvalue weighted by molar-refractivity contribution is 6.39. The summed E-state index contributed by atoms with van der Waals surface area (Å²) in [5.74, 6) is -2.71. The van der Waals surface area contributed by atoms with Crippen molar-refractivity contribution >= 4 is 40.9 Å². The van der Waals surface area contributed by atoms with Crippen molar-refractivity contribution < 1.29 is 32.7 Å². The second kappa shape index (κ2) is 11.4. The normalized spacial score (nSPS) is 19.6. The molecule has 1 aliphatic carbocycles. The van der Waals surface area contributed by atoms with E-state index in [1.54, 1.807) is 26.8 Å². The molecule has 1 saturated carbocycles. The minimum Gasteiger partial charge on any atom is -0.481 e. The molecule has 0 unspecified atom stereocenters. The molecule has 13 heteroatoms. The maximum absolute atomic E-state index is 14.3. The maximum Gasteiger partial charge on any atom is 0.433 e. The van der Waals surface area contributed by atoms with Gasteiger partial charge in [0.15, 0.2) is 11.5 Å². The van der Waals surface area contributed by atoms with Crippen molar-refractivity contribution in [3.8, 4) is 0 Å². The summed E-state index contributed by atoms with van der Waals surface area (Å²) in [6.07, 6.45) is 0.570. The molecule has 0 bridgehead atoms. The van der Waals surface area contributed by atoms with Crippen LogP contribution in [0.4, 0.5) is 13.2 Å². The summed E-state index contributed by atoms with van der Waals surface area (Å²) in [7, 11) is 0. The topological polar surface area (TPSA) is 105 Å². The zero-order chi connectivity index (χ0) is 28.4. The lowest BCUT2D eigenvalue weighted by molar-refractivity contribution is -0.152. The Hall–Kier alpha value is -2.92. The van der Waals surface area contributed by atoms with Crippen molar-refractivity contribution in [2.75, 3.05) is 13.1 Å². The Kier molecular flexibility index (Phi) is 8.93. The van der Waals surface area contributed by atoms with E-state index in [2.05, 4.69) is 10.1 Å². The van der Waals surface area contributed by atoms with Crippen molar-refractivity contribution in [2.45, 2.75) is 58.7 Å². The summed E-state index contributed by atoms with van der Waals surface area (Å²) in [6, 6.07) is -0.733. The van der Waals surface area contributed by atoms with Crippen LogP contribution in [0.2, 0.25) is 10.0 Å². The van der Waals surface area contributed by atoms with E-state index in [-0.39, 0.29) is 47.8 Å². The largest absolute Gasteiger partial charge is 0.481 e. The minimum atomic E-state index is -4.93. The highest BCUT2D eigenvalue weighted by Gasteiger charge is 2.45. The molecule has 0 aromatic carbocycles. The van der Waals surface area contributed by atoms with E-state index in [4.69, 9.17) is 23.2 Å². The Morgan fingerprint density at radius 2 is 1.74 bits per heavy atom. The highest BCUT2D eigenvalue weighted by atomic mass is 35.5. The first-order valence-electron chi connectivity index (χ1n) is 11.8. The number of carbonyl (C=O) groups excluding carboxylic acids is 2. The first-order valence-corrected chi connectivity index (χ1v) is 12.5. The summed E-state index contributed by atoms with van der Waals surface area (Å²) in [5, 5.41) is 13.3. The first-order chi connectivity index (χ1) is 17.7. The van der Waals surface area contributed by atoms with Crippen molar-refractivity contribution in [1.29, 1.82) is 0 Å². The monoisotopic (exact) mass is 574 g/mol. The van der Waals surface area contributed by atoms with Gasteiger partial charge in [-0.05, 0) is 46.5 Å². The van der Waals surface area contributed by atoms with Crippen LogP contribution in [0.15, 0.2) is 30.2 Å². The number of rotatable bonds is 8. The molecular formula is C25H27Cl2F3N4O4. The molecule has 0 spiro atoms. The lowest BCUT2D eigenvalue weighted by Gasteiger charge is -2.34. The summed E-state index contributed by atoms with van der Waals surface area (Å²) in [5.41, 5.74) is -2.27. The van der Waals surface area contributed by atoms with Gasteiger partial charge in [-0.1, -0.05) is 34.9 Å². The number of allylic oxidation sites excluding steroid dienone is 1. The van der Waals surface area contributed by atoms with Gasteiger partial charge >= 0.3 is 12.1 Å². The zero-order valence-electron chi connectivity index (χ0n) is 21.0. The standard InChI is InChI=1S/C25H27Cl2F3N4O4/c1-14(2)6-9-33(13-19(35)20-17(26)11-31-12-18(20)27)22(36)16-10-32-34(21(16)25(28,29)30)15-4-7-24(3,8-5-15)23(37)38/h6,10-12,15H,4-5,7-9,13H2,1-3H3,(H,37,38). The fraction of sp³-hybridized carbons (Fsp3) is 0.480. The first kappa shape index (κ1) is 29.6. The number of carboxylic acid groups (broad SMARTS) is 1. The van der Waals surface area contributed by atoms with Crippen LogP contribution in [0.1, 0.15) is 78.9 Å². The van der Waals surface area contributed by atoms with Crippen LogP contribution < -0.4 is 0 Å². The number of ketones is 1. The second-order valence-electron chi connectivity index (χ2n) is 9.81. The fourth-order valence-corrected chi connectivity index (χ4v) is 4.96. The highest BCUT2D eigenvalue weighted by Crippen LogP contribution is 2.43. The van der Waals surface area contributed by atoms with Crippen molar-refractivity contribution in [3.63, 3.8) is 0 Å². The van der Waals surface area contributed by atoms with Crippen LogP contribution >= 0.6 is 23.2 Å². The minimum absolute atomic E-state index is 0.0495. The Morgan fingerprint density at radius 3 is 2.24 bits per heavy atom. The molecule has 2 aromatic heterocycles. The molecule has 2 heterocycles. The molecular weight excluding hydrogens is 548 g/mol. The summed E-state index contributed by atoms with van der Waals surface area (Å²) >= 11 is 12.1.